The Bertz CT molecular complexity index is 3760. The number of nitrogens with zero attached hydrogens (tertiary/aromatic N) is 2. The Morgan fingerprint density at radius 3 is 1.52 bits per heavy atom. The fraction of sp³-hybridized carbons (Fsp3) is 0.0462. The normalized spacial score (nSPS) is 12.7. The van der Waals surface area contributed by atoms with Crippen molar-refractivity contribution in [3.63, 3.8) is 0 Å². The van der Waals surface area contributed by atoms with E-state index in [1.807, 2.05) is 0 Å². The summed E-state index contributed by atoms with van der Waals surface area (Å²) in [4.78, 5) is 2.40. The van der Waals surface area contributed by atoms with Gasteiger partial charge in [-0.15, -0.1) is 0 Å². The molecular formula is C65H46N2. The van der Waals surface area contributed by atoms with Gasteiger partial charge in [0.1, 0.15) is 0 Å². The van der Waals surface area contributed by atoms with Crippen molar-refractivity contribution < 1.29 is 0 Å². The lowest BCUT2D eigenvalue weighted by atomic mass is 9.81. The maximum atomic E-state index is 2.52. The topological polar surface area (TPSA) is 8.17 Å². The van der Waals surface area contributed by atoms with E-state index in [2.05, 4.69) is 266 Å². The van der Waals surface area contributed by atoms with E-state index in [1.165, 1.54) is 105 Å². The van der Waals surface area contributed by atoms with Crippen LogP contribution in [-0.4, -0.2) is 4.57 Å². The maximum Gasteiger partial charge on any atom is 0.0547 e. The van der Waals surface area contributed by atoms with Gasteiger partial charge in [-0.25, -0.2) is 0 Å². The minimum atomic E-state index is -0.157. The predicted molar refractivity (Wildman–Crippen MR) is 284 cm³/mol. The Morgan fingerprint density at radius 1 is 0.343 bits per heavy atom. The van der Waals surface area contributed by atoms with E-state index in [9.17, 15) is 0 Å². The molecule has 0 unspecified atom stereocenters. The first-order valence-corrected chi connectivity index (χ1v) is 23.3. The van der Waals surface area contributed by atoms with Crippen molar-refractivity contribution in [3.05, 3.63) is 254 Å². The zero-order valence-corrected chi connectivity index (χ0v) is 37.5. The number of benzene rings is 11. The lowest BCUT2D eigenvalue weighted by molar-refractivity contribution is 0.656. The molecule has 1 aliphatic carbocycles. The largest absolute Gasteiger partial charge is 0.310 e. The van der Waals surface area contributed by atoms with Gasteiger partial charge < -0.3 is 9.47 Å². The molecule has 2 heteroatoms. The molecular weight excluding hydrogens is 809 g/mol. The Labute approximate surface area is 391 Å². The van der Waals surface area contributed by atoms with Gasteiger partial charge in [-0.2, -0.15) is 0 Å². The van der Waals surface area contributed by atoms with Gasteiger partial charge in [-0.05, 0) is 132 Å². The van der Waals surface area contributed by atoms with Gasteiger partial charge in [0.05, 0.1) is 16.7 Å². The van der Waals surface area contributed by atoms with Crippen LogP contribution in [0.2, 0.25) is 0 Å². The van der Waals surface area contributed by atoms with Gasteiger partial charge in [0, 0.05) is 33.2 Å². The zero-order chi connectivity index (χ0) is 44.6. The lowest BCUT2D eigenvalue weighted by Crippen LogP contribution is -2.17. The van der Waals surface area contributed by atoms with Crippen LogP contribution >= 0.6 is 0 Å². The number of aromatic nitrogens is 1. The highest BCUT2D eigenvalue weighted by Gasteiger charge is 2.38. The first-order chi connectivity index (χ1) is 33.0. The van der Waals surface area contributed by atoms with E-state index in [0.29, 0.717) is 0 Å². The second kappa shape index (κ2) is 15.3. The number of anilines is 3. The SMILES string of the molecule is CC1(C)c2ccccc2-c2cccc(-n3c4ccccc4c4c(-c5cccc(N(c6ccc(-c7cccc8ccccc78)cc6)c6ccc(-c7cccc8ccccc78)cc6)c5)cccc43)c21. The molecule has 0 saturated heterocycles. The van der Waals surface area contributed by atoms with Crippen molar-refractivity contribution in [2.75, 3.05) is 4.90 Å². The first kappa shape index (κ1) is 39.0. The van der Waals surface area contributed by atoms with Crippen LogP contribution in [0.15, 0.2) is 243 Å². The van der Waals surface area contributed by atoms with Crippen LogP contribution in [0.5, 0.6) is 0 Å². The minimum Gasteiger partial charge on any atom is -0.310 e. The molecule has 1 aliphatic rings. The van der Waals surface area contributed by atoms with Crippen LogP contribution in [0.25, 0.3) is 93.5 Å². The van der Waals surface area contributed by atoms with Gasteiger partial charge in [-0.1, -0.05) is 202 Å². The van der Waals surface area contributed by atoms with Gasteiger partial charge in [0.25, 0.3) is 0 Å². The van der Waals surface area contributed by atoms with Crippen LogP contribution in [-0.2, 0) is 5.41 Å². The third-order valence-corrected chi connectivity index (χ3v) is 14.4. The van der Waals surface area contributed by atoms with Crippen molar-refractivity contribution in [1.82, 2.24) is 4.57 Å². The Morgan fingerprint density at radius 2 is 0.836 bits per heavy atom. The quantitative estimate of drug-likeness (QED) is 0.155. The molecule has 0 atom stereocenters. The van der Waals surface area contributed by atoms with Crippen molar-refractivity contribution in [1.29, 1.82) is 0 Å². The van der Waals surface area contributed by atoms with E-state index in [4.69, 9.17) is 0 Å². The fourth-order valence-electron chi connectivity index (χ4n) is 11.3. The Hall–Kier alpha value is -8.46. The van der Waals surface area contributed by atoms with Crippen LogP contribution in [0.4, 0.5) is 17.1 Å². The molecule has 1 heterocycles. The lowest BCUT2D eigenvalue weighted by Gasteiger charge is -2.27. The Balaban J connectivity index is 0.965. The zero-order valence-electron chi connectivity index (χ0n) is 37.5. The molecule has 12 aromatic rings. The molecule has 0 amide bonds. The summed E-state index contributed by atoms with van der Waals surface area (Å²) in [6.45, 7) is 4.76. The average Bonchev–Trinajstić information content (AvgIpc) is 3.85. The molecule has 0 aliphatic heterocycles. The monoisotopic (exact) mass is 854 g/mol. The standard InChI is InChI=1S/C65H46N2/c1-65(2)59-30-9-7-24-56(59)57-29-15-33-62(64(57)65)67-60-31-10-8-25-58(60)63-55(28-14-32-61(63)67)47-20-11-21-50(42-47)66(48-38-34-45(35-39-48)53-26-12-18-43-16-3-5-22-51(43)53)49-40-36-46(37-41-49)54-27-13-19-44-17-4-6-23-52(44)54/h3-42H,1-2H3. The summed E-state index contributed by atoms with van der Waals surface area (Å²) in [5.41, 5.74) is 19.4. The number of rotatable bonds is 7. The number of para-hydroxylation sites is 1. The summed E-state index contributed by atoms with van der Waals surface area (Å²) in [6, 6.07) is 89.3. The minimum absolute atomic E-state index is 0.157. The fourth-order valence-corrected chi connectivity index (χ4v) is 11.3. The van der Waals surface area contributed by atoms with E-state index < -0.39 is 0 Å². The summed E-state index contributed by atoms with van der Waals surface area (Å²) in [5, 5.41) is 7.50. The molecule has 2 nitrogen and oxygen atoms in total. The Kier molecular flexibility index (Phi) is 8.91. The highest BCUT2D eigenvalue weighted by atomic mass is 15.1. The van der Waals surface area contributed by atoms with Gasteiger partial charge in [0.15, 0.2) is 0 Å². The van der Waals surface area contributed by atoms with Gasteiger partial charge >= 0.3 is 0 Å². The van der Waals surface area contributed by atoms with Crippen molar-refractivity contribution in [3.8, 4) is 50.2 Å². The molecule has 11 aromatic carbocycles. The van der Waals surface area contributed by atoms with E-state index >= 15 is 0 Å². The van der Waals surface area contributed by atoms with Crippen molar-refractivity contribution in [2.45, 2.75) is 19.3 Å². The summed E-state index contributed by atoms with van der Waals surface area (Å²) in [7, 11) is 0. The maximum absolute atomic E-state index is 2.52. The number of hydrogen-bond donors (Lipinski definition) is 0. The first-order valence-electron chi connectivity index (χ1n) is 23.3. The molecule has 0 N–H and O–H groups in total. The summed E-state index contributed by atoms with van der Waals surface area (Å²) < 4.78 is 2.52. The van der Waals surface area contributed by atoms with Crippen LogP contribution < -0.4 is 4.90 Å². The summed E-state index contributed by atoms with van der Waals surface area (Å²) in [6.07, 6.45) is 0. The van der Waals surface area contributed by atoms with Crippen LogP contribution in [0.1, 0.15) is 25.0 Å². The molecule has 0 fully saturated rings. The average molecular weight is 855 g/mol. The van der Waals surface area contributed by atoms with E-state index in [-0.39, 0.29) is 5.41 Å². The third kappa shape index (κ3) is 6.18. The molecule has 1 aromatic heterocycles. The highest BCUT2D eigenvalue weighted by Crippen LogP contribution is 2.52. The summed E-state index contributed by atoms with van der Waals surface area (Å²) >= 11 is 0. The van der Waals surface area contributed by atoms with Crippen LogP contribution in [0.3, 0.4) is 0 Å². The molecule has 0 saturated carbocycles. The molecule has 0 spiro atoms. The number of fused-ring (bicyclic) bond motifs is 8. The molecule has 13 rings (SSSR count). The second-order valence-corrected chi connectivity index (χ2v) is 18.5. The highest BCUT2D eigenvalue weighted by molar-refractivity contribution is 6.16. The molecule has 67 heavy (non-hydrogen) atoms. The second-order valence-electron chi connectivity index (χ2n) is 18.5. The van der Waals surface area contributed by atoms with Crippen molar-refractivity contribution in [2.24, 2.45) is 0 Å². The van der Waals surface area contributed by atoms with Gasteiger partial charge in [0.2, 0.25) is 0 Å². The molecule has 0 bridgehead atoms. The molecule has 0 radical (unpaired) electrons. The van der Waals surface area contributed by atoms with Crippen LogP contribution in [0, 0.1) is 0 Å². The smallest absolute Gasteiger partial charge is 0.0547 e. The van der Waals surface area contributed by atoms with Gasteiger partial charge in [-0.3, -0.25) is 0 Å². The third-order valence-electron chi connectivity index (χ3n) is 14.4. The predicted octanol–water partition coefficient (Wildman–Crippen LogP) is 17.9. The van der Waals surface area contributed by atoms with E-state index in [0.717, 1.165) is 17.1 Å². The number of hydrogen-bond acceptors (Lipinski definition) is 1. The van der Waals surface area contributed by atoms with E-state index in [1.54, 1.807) is 0 Å². The summed E-state index contributed by atoms with van der Waals surface area (Å²) in [5.74, 6) is 0. The molecule has 316 valence electrons. The van der Waals surface area contributed by atoms with Crippen molar-refractivity contribution >= 4 is 60.4 Å².